The maximum absolute atomic E-state index is 11.3. The summed E-state index contributed by atoms with van der Waals surface area (Å²) in [5.41, 5.74) is 1.35. The predicted octanol–water partition coefficient (Wildman–Crippen LogP) is 2.82. The average Bonchev–Trinajstić information content (AvgIpc) is 2.57. The van der Waals surface area contributed by atoms with Crippen molar-refractivity contribution in [2.45, 2.75) is 25.9 Å². The molecule has 1 saturated heterocycles. The first kappa shape index (κ1) is 16.0. The number of fused-ring (bicyclic) bond motifs is 1. The minimum absolute atomic E-state index is 0.338. The topological polar surface area (TPSA) is 43.8 Å². The lowest BCUT2D eigenvalue weighted by Crippen LogP contribution is -2.52. The van der Waals surface area contributed by atoms with Gasteiger partial charge in [0, 0.05) is 32.7 Å². The van der Waals surface area contributed by atoms with Crippen LogP contribution in [0.1, 0.15) is 18.9 Å². The molecule has 23 heavy (non-hydrogen) atoms. The zero-order chi connectivity index (χ0) is 16.2. The van der Waals surface area contributed by atoms with E-state index in [1.165, 1.54) is 16.3 Å². The predicted molar refractivity (Wildman–Crippen MR) is 92.5 cm³/mol. The largest absolute Gasteiger partial charge is 0.480 e. The Balaban J connectivity index is 1.65. The zero-order valence-corrected chi connectivity index (χ0v) is 13.6. The Morgan fingerprint density at radius 3 is 2.48 bits per heavy atom. The first-order valence-corrected chi connectivity index (χ1v) is 8.35. The summed E-state index contributed by atoms with van der Waals surface area (Å²) in [5.74, 6) is -0.699. The summed E-state index contributed by atoms with van der Waals surface area (Å²) in [7, 11) is 0. The van der Waals surface area contributed by atoms with Crippen molar-refractivity contribution in [3.8, 4) is 0 Å². The Morgan fingerprint density at radius 2 is 1.78 bits per heavy atom. The van der Waals surface area contributed by atoms with Gasteiger partial charge in [0.25, 0.3) is 0 Å². The van der Waals surface area contributed by atoms with E-state index in [9.17, 15) is 9.90 Å². The van der Waals surface area contributed by atoms with Crippen molar-refractivity contribution in [2.75, 3.05) is 26.2 Å². The fourth-order valence-corrected chi connectivity index (χ4v) is 3.49. The normalized spacial score (nSPS) is 18.1. The van der Waals surface area contributed by atoms with Crippen LogP contribution in [-0.2, 0) is 11.3 Å². The fourth-order valence-electron chi connectivity index (χ4n) is 3.49. The molecule has 1 heterocycles. The van der Waals surface area contributed by atoms with Gasteiger partial charge in [-0.2, -0.15) is 0 Å². The highest BCUT2D eigenvalue weighted by Gasteiger charge is 2.27. The molecule has 0 amide bonds. The van der Waals surface area contributed by atoms with Gasteiger partial charge in [-0.25, -0.2) is 0 Å². The number of carboxylic acids is 1. The molecule has 4 nitrogen and oxygen atoms in total. The lowest BCUT2D eigenvalue weighted by Gasteiger charge is -2.37. The van der Waals surface area contributed by atoms with Gasteiger partial charge in [0.15, 0.2) is 0 Å². The van der Waals surface area contributed by atoms with Gasteiger partial charge in [0.05, 0.1) is 0 Å². The number of piperazine rings is 1. The van der Waals surface area contributed by atoms with Crippen LogP contribution in [-0.4, -0.2) is 53.1 Å². The van der Waals surface area contributed by atoms with E-state index in [1.807, 2.05) is 6.92 Å². The molecule has 1 aliphatic heterocycles. The number of nitrogens with zero attached hydrogens (tertiary/aromatic N) is 2. The Hall–Kier alpha value is -1.91. The summed E-state index contributed by atoms with van der Waals surface area (Å²) >= 11 is 0. The highest BCUT2D eigenvalue weighted by atomic mass is 16.4. The standard InChI is InChI=1S/C19H24N2O2/c1-2-18(19(22)23)21-12-10-20(11-13-21)14-16-8-5-7-15-6-3-4-9-17(15)16/h3-9,18H,2,10-14H2,1H3,(H,22,23)/t18-/m1/s1. The summed E-state index contributed by atoms with van der Waals surface area (Å²) in [4.78, 5) is 15.8. The van der Waals surface area contributed by atoms with Crippen molar-refractivity contribution in [3.05, 3.63) is 48.0 Å². The van der Waals surface area contributed by atoms with E-state index in [0.29, 0.717) is 6.42 Å². The third kappa shape index (κ3) is 3.54. The van der Waals surface area contributed by atoms with Gasteiger partial charge in [-0.15, -0.1) is 0 Å². The van der Waals surface area contributed by atoms with Crippen molar-refractivity contribution in [1.29, 1.82) is 0 Å². The van der Waals surface area contributed by atoms with Crippen LogP contribution in [0.15, 0.2) is 42.5 Å². The molecule has 0 unspecified atom stereocenters. The molecule has 2 aromatic rings. The second-order valence-electron chi connectivity index (χ2n) is 6.21. The number of benzene rings is 2. The number of rotatable bonds is 5. The molecule has 0 saturated carbocycles. The molecule has 0 radical (unpaired) electrons. The minimum atomic E-state index is -0.699. The Morgan fingerprint density at radius 1 is 1.09 bits per heavy atom. The molecule has 2 aromatic carbocycles. The Bertz CT molecular complexity index is 673. The molecule has 1 N–H and O–H groups in total. The van der Waals surface area contributed by atoms with Crippen molar-refractivity contribution in [2.24, 2.45) is 0 Å². The lowest BCUT2D eigenvalue weighted by molar-refractivity contribution is -0.144. The van der Waals surface area contributed by atoms with E-state index < -0.39 is 5.97 Å². The van der Waals surface area contributed by atoms with Crippen molar-refractivity contribution in [1.82, 2.24) is 9.80 Å². The number of carboxylic acid groups (broad SMARTS) is 1. The molecule has 3 rings (SSSR count). The molecule has 1 atom stereocenters. The van der Waals surface area contributed by atoms with Crippen LogP contribution >= 0.6 is 0 Å². The second kappa shape index (κ2) is 7.11. The number of hydrogen-bond acceptors (Lipinski definition) is 3. The van der Waals surface area contributed by atoms with E-state index in [4.69, 9.17) is 0 Å². The fraction of sp³-hybridized carbons (Fsp3) is 0.421. The molecule has 4 heteroatoms. The van der Waals surface area contributed by atoms with Gasteiger partial charge in [-0.05, 0) is 22.8 Å². The smallest absolute Gasteiger partial charge is 0.320 e. The first-order valence-electron chi connectivity index (χ1n) is 8.35. The van der Waals surface area contributed by atoms with Crippen LogP contribution in [0.5, 0.6) is 0 Å². The molecule has 0 spiro atoms. The summed E-state index contributed by atoms with van der Waals surface area (Å²) in [5, 5.41) is 11.9. The summed E-state index contributed by atoms with van der Waals surface area (Å²) in [6.45, 7) is 6.38. The average molecular weight is 312 g/mol. The maximum Gasteiger partial charge on any atom is 0.320 e. The third-order valence-electron chi connectivity index (χ3n) is 4.79. The van der Waals surface area contributed by atoms with Crippen molar-refractivity contribution >= 4 is 16.7 Å². The van der Waals surface area contributed by atoms with E-state index in [-0.39, 0.29) is 6.04 Å². The summed E-state index contributed by atoms with van der Waals surface area (Å²) < 4.78 is 0. The highest BCUT2D eigenvalue weighted by Crippen LogP contribution is 2.21. The highest BCUT2D eigenvalue weighted by molar-refractivity contribution is 5.85. The SMILES string of the molecule is CC[C@H](C(=O)O)N1CCN(Cc2cccc3ccccc23)CC1. The summed E-state index contributed by atoms with van der Waals surface area (Å²) in [6, 6.07) is 14.6. The minimum Gasteiger partial charge on any atom is -0.480 e. The zero-order valence-electron chi connectivity index (χ0n) is 13.6. The molecule has 0 aromatic heterocycles. The molecule has 122 valence electrons. The number of aliphatic carboxylic acids is 1. The van der Waals surface area contributed by atoms with E-state index in [1.54, 1.807) is 0 Å². The van der Waals surface area contributed by atoms with Gasteiger partial charge in [-0.1, -0.05) is 49.4 Å². The van der Waals surface area contributed by atoms with Crippen LogP contribution in [0.25, 0.3) is 10.8 Å². The van der Waals surface area contributed by atoms with Gasteiger partial charge >= 0.3 is 5.97 Å². The van der Waals surface area contributed by atoms with Crippen LogP contribution < -0.4 is 0 Å². The number of hydrogen-bond donors (Lipinski definition) is 1. The molecule has 1 fully saturated rings. The monoisotopic (exact) mass is 312 g/mol. The first-order chi connectivity index (χ1) is 11.2. The lowest BCUT2D eigenvalue weighted by atomic mass is 10.0. The van der Waals surface area contributed by atoms with Gasteiger partial charge in [0.1, 0.15) is 6.04 Å². The van der Waals surface area contributed by atoms with E-state index in [2.05, 4.69) is 52.3 Å². The molecule has 0 bridgehead atoms. The third-order valence-corrected chi connectivity index (χ3v) is 4.79. The Labute approximate surface area is 137 Å². The summed E-state index contributed by atoms with van der Waals surface area (Å²) in [6.07, 6.45) is 0.665. The van der Waals surface area contributed by atoms with Gasteiger partial charge in [-0.3, -0.25) is 14.6 Å². The van der Waals surface area contributed by atoms with Crippen molar-refractivity contribution in [3.63, 3.8) is 0 Å². The maximum atomic E-state index is 11.3. The van der Waals surface area contributed by atoms with Gasteiger partial charge in [0.2, 0.25) is 0 Å². The van der Waals surface area contributed by atoms with Crippen LogP contribution in [0, 0.1) is 0 Å². The molecular formula is C19H24N2O2. The second-order valence-corrected chi connectivity index (χ2v) is 6.21. The van der Waals surface area contributed by atoms with Crippen LogP contribution in [0.4, 0.5) is 0 Å². The Kier molecular flexibility index (Phi) is 4.94. The molecular weight excluding hydrogens is 288 g/mol. The van der Waals surface area contributed by atoms with Gasteiger partial charge < -0.3 is 5.11 Å². The van der Waals surface area contributed by atoms with Crippen molar-refractivity contribution < 1.29 is 9.90 Å². The van der Waals surface area contributed by atoms with Crippen LogP contribution in [0.3, 0.4) is 0 Å². The number of carbonyl (C=O) groups is 1. The molecule has 1 aliphatic rings. The quantitative estimate of drug-likeness (QED) is 0.922. The van der Waals surface area contributed by atoms with Crippen LogP contribution in [0.2, 0.25) is 0 Å². The van der Waals surface area contributed by atoms with E-state index in [0.717, 1.165) is 32.7 Å². The van der Waals surface area contributed by atoms with E-state index >= 15 is 0 Å². The molecule has 0 aliphatic carbocycles.